The molecule has 3 amide bonds. The van der Waals surface area contributed by atoms with E-state index in [9.17, 15) is 19.2 Å². The second-order valence-electron chi connectivity index (χ2n) is 13.1. The van der Waals surface area contributed by atoms with Gasteiger partial charge in [-0.3, -0.25) is 33.4 Å². The lowest BCUT2D eigenvalue weighted by molar-refractivity contribution is -0.120. The predicted molar refractivity (Wildman–Crippen MR) is 205 cm³/mol. The van der Waals surface area contributed by atoms with Crippen molar-refractivity contribution in [1.82, 2.24) is 39.7 Å². The van der Waals surface area contributed by atoms with E-state index in [1.165, 1.54) is 24.3 Å². The van der Waals surface area contributed by atoms with Crippen LogP contribution in [0.2, 0.25) is 0 Å². The van der Waals surface area contributed by atoms with E-state index in [0.29, 0.717) is 65.1 Å². The van der Waals surface area contributed by atoms with Gasteiger partial charge >= 0.3 is 5.69 Å². The van der Waals surface area contributed by atoms with E-state index in [1.54, 1.807) is 53.7 Å². The molecule has 0 aliphatic carbocycles. The largest absolute Gasteiger partial charge is 0.474 e. The maximum atomic E-state index is 12.9. The van der Waals surface area contributed by atoms with Gasteiger partial charge in [0.2, 0.25) is 18.2 Å². The Balaban J connectivity index is 1.02. The molecular formula is C39H38N10O6. The van der Waals surface area contributed by atoms with Crippen molar-refractivity contribution in [3.63, 3.8) is 0 Å². The summed E-state index contributed by atoms with van der Waals surface area (Å²) in [5, 5.41) is 5.82. The molecule has 7 rings (SSSR count). The summed E-state index contributed by atoms with van der Waals surface area (Å²) >= 11 is 0. The Labute approximate surface area is 315 Å². The van der Waals surface area contributed by atoms with Crippen molar-refractivity contribution in [3.05, 3.63) is 82.5 Å². The Bertz CT molecular complexity index is 2580. The van der Waals surface area contributed by atoms with Crippen molar-refractivity contribution in [2.45, 2.75) is 26.2 Å². The molecule has 1 aromatic carbocycles. The third kappa shape index (κ3) is 7.07. The van der Waals surface area contributed by atoms with Crippen LogP contribution >= 0.6 is 0 Å². The van der Waals surface area contributed by atoms with Crippen LogP contribution in [0.1, 0.15) is 48.0 Å². The molecule has 55 heavy (non-hydrogen) atoms. The summed E-state index contributed by atoms with van der Waals surface area (Å²) in [6, 6.07) is 10.7. The van der Waals surface area contributed by atoms with Crippen molar-refractivity contribution in [2.75, 3.05) is 43.1 Å². The number of carbonyl (C=O) groups is 3. The van der Waals surface area contributed by atoms with E-state index in [2.05, 4.69) is 62.2 Å². The monoisotopic (exact) mass is 742 g/mol. The van der Waals surface area contributed by atoms with Crippen LogP contribution < -0.4 is 30.9 Å². The number of imidazole rings is 1. The molecule has 0 fully saturated rings. The zero-order chi connectivity index (χ0) is 38.8. The van der Waals surface area contributed by atoms with Gasteiger partial charge < -0.3 is 24.7 Å². The summed E-state index contributed by atoms with van der Waals surface area (Å²) in [4.78, 5) is 70.5. The lowest BCUT2D eigenvalue weighted by Crippen LogP contribution is -2.29. The van der Waals surface area contributed by atoms with E-state index in [0.717, 1.165) is 22.3 Å². The molecule has 16 heteroatoms. The average Bonchev–Trinajstić information content (AvgIpc) is 3.73. The SMILES string of the molecule is CNC(=O)CCN(C=O)c1nccc2oc(C#CCNC(=O)c3ccc(-c4ncc5c(n4)OCCN5c4cc(C(C)C)c5c(c4)n(C)c(=O)n5C)cn3)cc12. The molecule has 6 heterocycles. The molecule has 5 aromatic heterocycles. The minimum absolute atomic E-state index is 0.0188. The standard InChI is InChI=1S/C39H38N10O6/c1-23(2)27-17-25(18-30-34(27)47(5)39(53)46(30)4)49-15-16-54-38-31(49)21-44-35(45-38)24-8-9-29(43-20-24)37(52)42-12-6-7-26-19-28-32(55-26)10-13-41-36(28)48(22-50)14-11-33(51)40-3/h8-10,13,17-23H,11-12,14-16H2,1-5H3,(H,40,51)(H,42,52). The first kappa shape index (κ1) is 36.3. The first-order chi connectivity index (χ1) is 26.6. The summed E-state index contributed by atoms with van der Waals surface area (Å²) < 4.78 is 15.1. The quantitative estimate of drug-likeness (QED) is 0.155. The van der Waals surface area contributed by atoms with E-state index < -0.39 is 5.91 Å². The Morgan fingerprint density at radius 1 is 1.07 bits per heavy atom. The average molecular weight is 743 g/mol. The Kier molecular flexibility index (Phi) is 10.0. The first-order valence-electron chi connectivity index (χ1n) is 17.6. The van der Waals surface area contributed by atoms with Crippen molar-refractivity contribution in [3.8, 4) is 29.1 Å². The van der Waals surface area contributed by atoms with Crippen LogP contribution in [0.3, 0.4) is 0 Å². The highest BCUT2D eigenvalue weighted by atomic mass is 16.5. The molecule has 6 aromatic rings. The van der Waals surface area contributed by atoms with Gasteiger partial charge in [0.15, 0.2) is 11.6 Å². The van der Waals surface area contributed by atoms with Crippen LogP contribution in [0.4, 0.5) is 17.2 Å². The number of hydrogen-bond acceptors (Lipinski definition) is 11. The number of benzene rings is 1. The molecule has 280 valence electrons. The van der Waals surface area contributed by atoms with Crippen LogP contribution in [0.15, 0.2) is 64.2 Å². The highest BCUT2D eigenvalue weighted by Gasteiger charge is 2.25. The number of carbonyl (C=O) groups excluding carboxylic acids is 3. The molecule has 0 saturated carbocycles. The third-order valence-electron chi connectivity index (χ3n) is 9.37. The number of hydrogen-bond donors (Lipinski definition) is 2. The highest BCUT2D eigenvalue weighted by molar-refractivity contribution is 5.95. The summed E-state index contributed by atoms with van der Waals surface area (Å²) in [7, 11) is 5.11. The molecule has 0 spiro atoms. The summed E-state index contributed by atoms with van der Waals surface area (Å²) in [5.41, 5.74) is 5.63. The zero-order valence-corrected chi connectivity index (χ0v) is 30.9. The molecule has 2 N–H and O–H groups in total. The van der Waals surface area contributed by atoms with Crippen LogP contribution in [0.25, 0.3) is 33.4 Å². The minimum Gasteiger partial charge on any atom is -0.474 e. The summed E-state index contributed by atoms with van der Waals surface area (Å²) in [5.74, 6) is 6.78. The molecule has 0 radical (unpaired) electrons. The molecule has 0 unspecified atom stereocenters. The molecular weight excluding hydrogens is 704 g/mol. The number of nitrogens with zero attached hydrogens (tertiary/aromatic N) is 8. The number of pyridine rings is 2. The van der Waals surface area contributed by atoms with Crippen molar-refractivity contribution < 1.29 is 23.5 Å². The van der Waals surface area contributed by atoms with Crippen LogP contribution in [-0.2, 0) is 23.7 Å². The zero-order valence-electron chi connectivity index (χ0n) is 30.9. The number of amides is 3. The van der Waals surface area contributed by atoms with Crippen LogP contribution in [-0.4, -0.2) is 80.6 Å². The molecule has 1 aliphatic rings. The normalized spacial score (nSPS) is 12.2. The number of ether oxygens (including phenoxy) is 1. The minimum atomic E-state index is -0.423. The van der Waals surface area contributed by atoms with Crippen LogP contribution in [0, 0.1) is 11.8 Å². The number of aromatic nitrogens is 6. The molecule has 0 saturated heterocycles. The fraction of sp³-hybridized carbons (Fsp3) is 0.282. The molecule has 16 nitrogen and oxygen atoms in total. The van der Waals surface area contributed by atoms with E-state index in [-0.39, 0.29) is 42.7 Å². The fourth-order valence-corrected chi connectivity index (χ4v) is 6.48. The first-order valence-corrected chi connectivity index (χ1v) is 17.6. The number of fused-ring (bicyclic) bond motifs is 3. The van der Waals surface area contributed by atoms with Gasteiger partial charge in [-0.1, -0.05) is 19.8 Å². The second-order valence-corrected chi connectivity index (χ2v) is 13.1. The van der Waals surface area contributed by atoms with Crippen molar-refractivity contribution >= 4 is 57.4 Å². The Morgan fingerprint density at radius 2 is 1.91 bits per heavy atom. The highest BCUT2D eigenvalue weighted by Crippen LogP contribution is 2.39. The number of rotatable bonds is 10. The maximum Gasteiger partial charge on any atom is 0.328 e. The second kappa shape index (κ2) is 15.1. The smallest absolute Gasteiger partial charge is 0.328 e. The Morgan fingerprint density at radius 3 is 2.65 bits per heavy atom. The van der Waals surface area contributed by atoms with Crippen LogP contribution in [0.5, 0.6) is 5.88 Å². The van der Waals surface area contributed by atoms with E-state index in [1.807, 2.05) is 6.07 Å². The lowest BCUT2D eigenvalue weighted by atomic mass is 10.00. The van der Waals surface area contributed by atoms with Gasteiger partial charge in [0.1, 0.15) is 29.4 Å². The van der Waals surface area contributed by atoms with Gasteiger partial charge in [-0.2, -0.15) is 4.98 Å². The molecule has 0 atom stereocenters. The summed E-state index contributed by atoms with van der Waals surface area (Å²) in [6.07, 6.45) is 5.48. The molecule has 1 aliphatic heterocycles. The third-order valence-corrected chi connectivity index (χ3v) is 9.37. The summed E-state index contributed by atoms with van der Waals surface area (Å²) in [6.45, 7) is 5.37. The number of anilines is 3. The fourth-order valence-electron chi connectivity index (χ4n) is 6.48. The number of nitrogens with one attached hydrogen (secondary N) is 2. The van der Waals surface area contributed by atoms with Gasteiger partial charge in [0, 0.05) is 63.8 Å². The van der Waals surface area contributed by atoms with Gasteiger partial charge in [-0.05, 0) is 47.7 Å². The van der Waals surface area contributed by atoms with Gasteiger partial charge in [0.25, 0.3) is 5.91 Å². The van der Waals surface area contributed by atoms with Gasteiger partial charge in [0.05, 0.1) is 35.7 Å². The van der Waals surface area contributed by atoms with E-state index >= 15 is 0 Å². The number of aryl methyl sites for hydroxylation is 2. The lowest BCUT2D eigenvalue weighted by Gasteiger charge is -2.31. The predicted octanol–water partition coefficient (Wildman–Crippen LogP) is 3.40. The van der Waals surface area contributed by atoms with E-state index in [4.69, 9.17) is 14.1 Å². The molecule has 0 bridgehead atoms. The number of furan rings is 1. The van der Waals surface area contributed by atoms with Gasteiger partial charge in [-0.15, -0.1) is 0 Å². The van der Waals surface area contributed by atoms with Crippen molar-refractivity contribution in [2.24, 2.45) is 14.1 Å². The van der Waals surface area contributed by atoms with Crippen molar-refractivity contribution in [1.29, 1.82) is 0 Å². The topological polar surface area (TPSA) is 183 Å². The maximum absolute atomic E-state index is 12.9. The van der Waals surface area contributed by atoms with Gasteiger partial charge in [-0.25, -0.2) is 14.8 Å². The Hall–Kier alpha value is -7.02.